The van der Waals surface area contributed by atoms with Crippen LogP contribution in [0.4, 0.5) is 0 Å². The molecule has 5 nitrogen and oxygen atoms in total. The Kier molecular flexibility index (Phi) is 6.75. The molecule has 0 saturated carbocycles. The maximum absolute atomic E-state index is 10.6. The minimum absolute atomic E-state index is 0.452. The molecule has 0 spiro atoms. The number of rotatable bonds is 10. The summed E-state index contributed by atoms with van der Waals surface area (Å²) in [5, 5.41) is 16.3. The molecule has 5 heteroatoms. The van der Waals surface area contributed by atoms with Crippen molar-refractivity contribution in [2.24, 2.45) is 0 Å². The third-order valence-electron chi connectivity index (χ3n) is 5.85. The van der Waals surface area contributed by atoms with E-state index in [9.17, 15) is 5.11 Å². The van der Waals surface area contributed by atoms with Gasteiger partial charge in [0.25, 0.3) is 0 Å². The highest BCUT2D eigenvalue weighted by atomic mass is 16.5. The Morgan fingerprint density at radius 2 is 1.56 bits per heavy atom. The lowest BCUT2D eigenvalue weighted by Crippen LogP contribution is -2.26. The van der Waals surface area contributed by atoms with Crippen LogP contribution < -0.4 is 14.8 Å². The van der Waals surface area contributed by atoms with Crippen molar-refractivity contribution in [2.45, 2.75) is 12.7 Å². The first-order valence-corrected chi connectivity index (χ1v) is 11.5. The molecule has 4 aromatic carbocycles. The standard InChI is InChI=1S/C29H28N2O3/c32-29(22-8-6-7-21(17-22)20-34-23-9-2-1-3-10-23)19-30-15-16-33-24-13-14-26-25-11-4-5-12-27(25)31-28(26)18-24/h1-14,17-18,29-32H,15-16,19-20H2. The molecule has 34 heavy (non-hydrogen) atoms. The molecule has 5 aromatic rings. The van der Waals surface area contributed by atoms with Gasteiger partial charge >= 0.3 is 0 Å². The number of aliphatic hydroxyl groups is 1. The number of fused-ring (bicyclic) bond motifs is 3. The van der Waals surface area contributed by atoms with Crippen molar-refractivity contribution in [3.8, 4) is 11.5 Å². The summed E-state index contributed by atoms with van der Waals surface area (Å²) in [6, 6.07) is 32.0. The Bertz CT molecular complexity index is 1360. The van der Waals surface area contributed by atoms with E-state index in [0.717, 1.165) is 33.7 Å². The molecule has 1 heterocycles. The highest BCUT2D eigenvalue weighted by molar-refractivity contribution is 6.07. The highest BCUT2D eigenvalue weighted by Crippen LogP contribution is 2.28. The van der Waals surface area contributed by atoms with Crippen molar-refractivity contribution in [2.75, 3.05) is 19.7 Å². The van der Waals surface area contributed by atoms with E-state index >= 15 is 0 Å². The van der Waals surface area contributed by atoms with Crippen molar-refractivity contribution in [3.05, 3.63) is 108 Å². The Hall–Kier alpha value is -3.80. The Balaban J connectivity index is 1.08. The zero-order valence-corrected chi connectivity index (χ0v) is 18.9. The fraction of sp³-hybridized carbons (Fsp3) is 0.172. The summed E-state index contributed by atoms with van der Waals surface area (Å²) in [5.74, 6) is 1.66. The van der Waals surface area contributed by atoms with Crippen LogP contribution in [0.25, 0.3) is 21.8 Å². The van der Waals surface area contributed by atoms with Gasteiger partial charge in [0.1, 0.15) is 24.7 Å². The Morgan fingerprint density at radius 3 is 2.47 bits per heavy atom. The summed E-state index contributed by atoms with van der Waals surface area (Å²) >= 11 is 0. The Labute approximate surface area is 199 Å². The van der Waals surface area contributed by atoms with Crippen molar-refractivity contribution in [1.82, 2.24) is 10.3 Å². The highest BCUT2D eigenvalue weighted by Gasteiger charge is 2.09. The normalized spacial score (nSPS) is 12.1. The summed E-state index contributed by atoms with van der Waals surface area (Å²) in [7, 11) is 0. The number of hydrogen-bond donors (Lipinski definition) is 3. The van der Waals surface area contributed by atoms with Crippen molar-refractivity contribution >= 4 is 21.8 Å². The van der Waals surface area contributed by atoms with Gasteiger partial charge in [-0.15, -0.1) is 0 Å². The van der Waals surface area contributed by atoms with Gasteiger partial charge in [-0.25, -0.2) is 0 Å². The fourth-order valence-electron chi connectivity index (χ4n) is 4.09. The number of ether oxygens (including phenoxy) is 2. The summed E-state index contributed by atoms with van der Waals surface area (Å²) in [4.78, 5) is 3.44. The first kappa shape index (κ1) is 22.0. The maximum atomic E-state index is 10.6. The molecule has 172 valence electrons. The molecule has 5 rings (SSSR count). The van der Waals surface area contributed by atoms with Gasteiger partial charge in [-0.1, -0.05) is 54.6 Å². The van der Waals surface area contributed by atoms with Crippen LogP contribution in [0.5, 0.6) is 11.5 Å². The van der Waals surface area contributed by atoms with E-state index in [1.165, 1.54) is 10.8 Å². The lowest BCUT2D eigenvalue weighted by atomic mass is 10.1. The van der Waals surface area contributed by atoms with Gasteiger partial charge in [-0.05, 0) is 47.5 Å². The third-order valence-corrected chi connectivity index (χ3v) is 5.85. The predicted molar refractivity (Wildman–Crippen MR) is 136 cm³/mol. The summed E-state index contributed by atoms with van der Waals surface area (Å²) in [6.45, 7) is 2.07. The van der Waals surface area contributed by atoms with Crippen LogP contribution in [0.2, 0.25) is 0 Å². The van der Waals surface area contributed by atoms with Crippen LogP contribution in [0.15, 0.2) is 97.1 Å². The van der Waals surface area contributed by atoms with Gasteiger partial charge in [0.15, 0.2) is 0 Å². The topological polar surface area (TPSA) is 66.5 Å². The van der Waals surface area contributed by atoms with Crippen molar-refractivity contribution in [3.63, 3.8) is 0 Å². The minimum atomic E-state index is -0.598. The van der Waals surface area contributed by atoms with Crippen LogP contribution in [0.1, 0.15) is 17.2 Å². The van der Waals surface area contributed by atoms with Crippen LogP contribution in [-0.4, -0.2) is 29.8 Å². The number of benzene rings is 4. The second kappa shape index (κ2) is 10.4. The number of aromatic nitrogens is 1. The van der Waals surface area contributed by atoms with E-state index in [4.69, 9.17) is 9.47 Å². The molecule has 1 atom stereocenters. The van der Waals surface area contributed by atoms with Crippen LogP contribution in [0.3, 0.4) is 0 Å². The minimum Gasteiger partial charge on any atom is -0.492 e. The Morgan fingerprint density at radius 1 is 0.735 bits per heavy atom. The first-order valence-electron chi connectivity index (χ1n) is 11.5. The third kappa shape index (κ3) is 5.22. The zero-order valence-electron chi connectivity index (χ0n) is 18.9. The van der Waals surface area contributed by atoms with Gasteiger partial charge in [-0.2, -0.15) is 0 Å². The quantitative estimate of drug-likeness (QED) is 0.241. The monoisotopic (exact) mass is 452 g/mol. The molecule has 0 aliphatic carbocycles. The molecule has 0 aliphatic rings. The number of aliphatic hydroxyl groups excluding tert-OH is 1. The average Bonchev–Trinajstić information content (AvgIpc) is 3.26. The van der Waals surface area contributed by atoms with Crippen LogP contribution >= 0.6 is 0 Å². The maximum Gasteiger partial charge on any atom is 0.121 e. The van der Waals surface area contributed by atoms with E-state index in [1.54, 1.807) is 0 Å². The van der Waals surface area contributed by atoms with Crippen LogP contribution in [-0.2, 0) is 6.61 Å². The molecule has 1 aromatic heterocycles. The second-order valence-corrected chi connectivity index (χ2v) is 8.29. The molecule has 0 bridgehead atoms. The van der Waals surface area contributed by atoms with Crippen LogP contribution in [0, 0.1) is 0 Å². The molecular formula is C29H28N2O3. The molecule has 0 aliphatic heterocycles. The van der Waals surface area contributed by atoms with E-state index in [2.05, 4.69) is 34.6 Å². The molecule has 0 radical (unpaired) electrons. The van der Waals surface area contributed by atoms with Gasteiger partial charge < -0.3 is 24.9 Å². The summed E-state index contributed by atoms with van der Waals surface area (Å²) in [6.07, 6.45) is -0.598. The smallest absolute Gasteiger partial charge is 0.121 e. The molecule has 0 fully saturated rings. The predicted octanol–water partition coefficient (Wildman–Crippen LogP) is 5.60. The number of aromatic amines is 1. The van der Waals surface area contributed by atoms with E-state index in [1.807, 2.05) is 72.8 Å². The summed E-state index contributed by atoms with van der Waals surface area (Å²) < 4.78 is 11.7. The largest absolute Gasteiger partial charge is 0.492 e. The van der Waals surface area contributed by atoms with Gasteiger partial charge in [-0.3, -0.25) is 0 Å². The first-order chi connectivity index (χ1) is 16.8. The SMILES string of the molecule is OC(CNCCOc1ccc2c(c1)[nH]c1ccccc12)c1cccc(COc2ccccc2)c1. The number of hydrogen-bond acceptors (Lipinski definition) is 4. The van der Waals surface area contributed by atoms with E-state index in [0.29, 0.717) is 26.3 Å². The van der Waals surface area contributed by atoms with E-state index in [-0.39, 0.29) is 0 Å². The number of H-pyrrole nitrogens is 1. The van der Waals surface area contributed by atoms with E-state index < -0.39 is 6.10 Å². The van der Waals surface area contributed by atoms with Gasteiger partial charge in [0.05, 0.1) is 11.6 Å². The van der Waals surface area contributed by atoms with Crippen molar-refractivity contribution < 1.29 is 14.6 Å². The molecule has 3 N–H and O–H groups in total. The molecule has 0 amide bonds. The molecular weight excluding hydrogens is 424 g/mol. The number of para-hydroxylation sites is 2. The fourth-order valence-corrected chi connectivity index (χ4v) is 4.09. The molecule has 0 saturated heterocycles. The van der Waals surface area contributed by atoms with Gasteiger partial charge in [0.2, 0.25) is 0 Å². The lowest BCUT2D eigenvalue weighted by molar-refractivity contribution is 0.171. The van der Waals surface area contributed by atoms with Crippen molar-refractivity contribution in [1.29, 1.82) is 0 Å². The summed E-state index contributed by atoms with van der Waals surface area (Å²) in [5.41, 5.74) is 4.09. The molecule has 1 unspecified atom stereocenters. The zero-order chi connectivity index (χ0) is 23.2. The average molecular weight is 453 g/mol. The second-order valence-electron chi connectivity index (χ2n) is 8.29. The number of nitrogens with one attached hydrogen (secondary N) is 2. The lowest BCUT2D eigenvalue weighted by Gasteiger charge is -2.14. The van der Waals surface area contributed by atoms with Gasteiger partial charge in [0, 0.05) is 35.4 Å².